The maximum Gasteiger partial charge on any atom is 0.428 e. The number of rotatable bonds is 4. The molecule has 1 spiro atoms. The minimum absolute atomic E-state index is 0.0160. The molecule has 7 nitrogen and oxygen atoms in total. The van der Waals surface area contributed by atoms with Crippen molar-refractivity contribution < 1.29 is 18.7 Å². The average molecular weight is 493 g/mol. The van der Waals surface area contributed by atoms with Gasteiger partial charge in [0.05, 0.1) is 0 Å². The monoisotopic (exact) mass is 492 g/mol. The van der Waals surface area contributed by atoms with Gasteiger partial charge in [0.15, 0.2) is 5.60 Å². The van der Waals surface area contributed by atoms with Crippen LogP contribution in [0.25, 0.3) is 0 Å². The lowest BCUT2D eigenvalue weighted by Crippen LogP contribution is -2.53. The van der Waals surface area contributed by atoms with E-state index in [-0.39, 0.29) is 17.9 Å². The molecular weight excluding hydrogens is 459 g/mol. The van der Waals surface area contributed by atoms with E-state index in [1.54, 1.807) is 6.07 Å². The molecule has 3 aliphatic rings. The third kappa shape index (κ3) is 4.94. The molecule has 1 fully saturated rings. The van der Waals surface area contributed by atoms with Gasteiger partial charge in [-0.2, -0.15) is 5.10 Å². The minimum atomic E-state index is -0.810. The van der Waals surface area contributed by atoms with E-state index in [2.05, 4.69) is 34.9 Å². The fraction of sp³-hybridized carbons (Fsp3) is 0.464. The first-order valence-electron chi connectivity index (χ1n) is 12.8. The highest BCUT2D eigenvalue weighted by atomic mass is 19.1. The van der Waals surface area contributed by atoms with Crippen molar-refractivity contribution in [2.24, 2.45) is 11.0 Å². The van der Waals surface area contributed by atoms with E-state index >= 15 is 0 Å². The summed E-state index contributed by atoms with van der Waals surface area (Å²) in [5, 5.41) is 7.53. The molecule has 0 aromatic heterocycles. The van der Waals surface area contributed by atoms with E-state index in [1.165, 1.54) is 23.3 Å². The largest absolute Gasteiger partial charge is 0.435 e. The Morgan fingerprint density at radius 1 is 1.25 bits per heavy atom. The predicted molar refractivity (Wildman–Crippen MR) is 135 cm³/mol. The first-order valence-corrected chi connectivity index (χ1v) is 12.8. The molecule has 0 radical (unpaired) electrons. The zero-order valence-corrected chi connectivity index (χ0v) is 20.9. The standard InChI is InChI=1S/C28H33FN4O3/c1-18-15-23(29)7-8-24(18)25-28(36-27(35)32-31-25)12-9-20(10-13-28)16-19(2)30-26(34)33-14-11-21-5-3-4-6-22(21)17-33/h3-8,15,19-20H,9-14,16-17H2,1-2H3,(H,30,34)(H,32,35)/t19-,20?,28?/m0/s1. The van der Waals surface area contributed by atoms with Crippen LogP contribution in [0.15, 0.2) is 47.6 Å². The number of hydrogen-bond donors (Lipinski definition) is 2. The van der Waals surface area contributed by atoms with Gasteiger partial charge >= 0.3 is 12.1 Å². The molecular formula is C28H33FN4O3. The van der Waals surface area contributed by atoms with Gasteiger partial charge < -0.3 is 15.0 Å². The molecule has 1 saturated carbocycles. The molecule has 2 N–H and O–H groups in total. The lowest BCUT2D eigenvalue weighted by Gasteiger charge is -2.42. The van der Waals surface area contributed by atoms with Crippen molar-refractivity contribution in [2.75, 3.05) is 6.54 Å². The van der Waals surface area contributed by atoms with Crippen LogP contribution in [0.2, 0.25) is 0 Å². The van der Waals surface area contributed by atoms with Crippen LogP contribution in [-0.2, 0) is 17.7 Å². The second-order valence-corrected chi connectivity index (χ2v) is 10.4. The fourth-order valence-electron chi connectivity index (χ4n) is 5.90. The molecule has 8 heteroatoms. The zero-order chi connectivity index (χ0) is 25.3. The number of halogens is 1. The Balaban J connectivity index is 1.19. The Hall–Kier alpha value is -3.42. The van der Waals surface area contributed by atoms with Crippen molar-refractivity contribution in [2.45, 2.75) is 70.6 Å². The van der Waals surface area contributed by atoms with Crippen LogP contribution in [0.4, 0.5) is 14.0 Å². The Morgan fingerprint density at radius 3 is 2.75 bits per heavy atom. The molecule has 5 rings (SSSR count). The summed E-state index contributed by atoms with van der Waals surface area (Å²) in [4.78, 5) is 26.9. The molecule has 2 heterocycles. The molecule has 2 aromatic rings. The number of nitrogens with one attached hydrogen (secondary N) is 2. The molecule has 190 valence electrons. The van der Waals surface area contributed by atoms with Crippen molar-refractivity contribution in [1.82, 2.24) is 15.6 Å². The number of hydrogen-bond acceptors (Lipinski definition) is 4. The second kappa shape index (κ2) is 9.91. The summed E-state index contributed by atoms with van der Waals surface area (Å²) in [6.45, 7) is 5.26. The SMILES string of the molecule is Cc1cc(F)ccc1C1=NNC(=O)OC12CCC(C[C@H](C)NC(=O)N1CCc3ccccc3C1)CC2. The van der Waals surface area contributed by atoms with Crippen LogP contribution in [-0.4, -0.2) is 40.9 Å². The van der Waals surface area contributed by atoms with Gasteiger partial charge in [-0.05, 0) is 93.2 Å². The maximum atomic E-state index is 13.7. The average Bonchev–Trinajstić information content (AvgIpc) is 2.86. The molecule has 0 bridgehead atoms. The number of benzene rings is 2. The van der Waals surface area contributed by atoms with Crippen molar-refractivity contribution >= 4 is 17.8 Å². The Morgan fingerprint density at radius 2 is 2.00 bits per heavy atom. The number of carbonyl (C=O) groups excluding carboxylic acids is 2. The molecule has 2 aromatic carbocycles. The Kier molecular flexibility index (Phi) is 6.69. The predicted octanol–water partition coefficient (Wildman–Crippen LogP) is 5.05. The maximum absolute atomic E-state index is 13.7. The topological polar surface area (TPSA) is 83.0 Å². The molecule has 0 unspecified atom stereocenters. The number of urea groups is 1. The van der Waals surface area contributed by atoms with Gasteiger partial charge in [0, 0.05) is 24.7 Å². The molecule has 1 atom stereocenters. The van der Waals surface area contributed by atoms with Gasteiger partial charge in [0.2, 0.25) is 0 Å². The Labute approximate surface area is 211 Å². The smallest absolute Gasteiger partial charge is 0.428 e. The van der Waals surface area contributed by atoms with E-state index in [1.807, 2.05) is 24.0 Å². The first-order chi connectivity index (χ1) is 17.3. The highest BCUT2D eigenvalue weighted by Crippen LogP contribution is 2.41. The highest BCUT2D eigenvalue weighted by Gasteiger charge is 2.46. The van der Waals surface area contributed by atoms with E-state index in [0.29, 0.717) is 31.0 Å². The second-order valence-electron chi connectivity index (χ2n) is 10.4. The van der Waals surface area contributed by atoms with Crippen LogP contribution in [0.5, 0.6) is 0 Å². The number of hydrazone groups is 1. The molecule has 1 aliphatic carbocycles. The van der Waals surface area contributed by atoms with Gasteiger partial charge in [-0.15, -0.1) is 0 Å². The van der Waals surface area contributed by atoms with Crippen LogP contribution in [0, 0.1) is 18.7 Å². The van der Waals surface area contributed by atoms with Gasteiger partial charge in [-0.25, -0.2) is 19.4 Å². The van der Waals surface area contributed by atoms with E-state index in [4.69, 9.17) is 4.74 Å². The summed E-state index contributed by atoms with van der Waals surface area (Å²) in [5.41, 5.74) is 6.36. The first kappa shape index (κ1) is 24.3. The summed E-state index contributed by atoms with van der Waals surface area (Å²) in [7, 11) is 0. The summed E-state index contributed by atoms with van der Waals surface area (Å²) >= 11 is 0. The number of fused-ring (bicyclic) bond motifs is 1. The van der Waals surface area contributed by atoms with Gasteiger partial charge in [0.25, 0.3) is 0 Å². The summed E-state index contributed by atoms with van der Waals surface area (Å²) in [6, 6.07) is 12.9. The van der Waals surface area contributed by atoms with Crippen LogP contribution < -0.4 is 10.7 Å². The van der Waals surface area contributed by atoms with Crippen molar-refractivity contribution in [3.63, 3.8) is 0 Å². The number of carbonyl (C=O) groups is 2. The van der Waals surface area contributed by atoms with Crippen LogP contribution >= 0.6 is 0 Å². The lowest BCUT2D eigenvalue weighted by atomic mass is 9.72. The van der Waals surface area contributed by atoms with Crippen molar-refractivity contribution in [3.05, 3.63) is 70.5 Å². The lowest BCUT2D eigenvalue weighted by molar-refractivity contribution is 0.0155. The third-order valence-electron chi connectivity index (χ3n) is 7.81. The molecule has 0 saturated heterocycles. The molecule has 36 heavy (non-hydrogen) atoms. The number of nitrogens with zero attached hydrogens (tertiary/aromatic N) is 2. The number of amides is 3. The van der Waals surface area contributed by atoms with E-state index in [0.717, 1.165) is 43.4 Å². The summed E-state index contributed by atoms with van der Waals surface area (Å²) in [6.07, 6.45) is 4.18. The normalized spacial score (nSPS) is 24.3. The van der Waals surface area contributed by atoms with Crippen LogP contribution in [0.3, 0.4) is 0 Å². The quantitative estimate of drug-likeness (QED) is 0.626. The highest BCUT2D eigenvalue weighted by molar-refractivity contribution is 6.09. The molecule has 2 aliphatic heterocycles. The number of ether oxygens (including phenoxy) is 1. The van der Waals surface area contributed by atoms with Gasteiger partial charge in [-0.1, -0.05) is 24.3 Å². The summed E-state index contributed by atoms with van der Waals surface area (Å²) in [5.74, 6) is 0.0947. The van der Waals surface area contributed by atoms with E-state index in [9.17, 15) is 14.0 Å². The zero-order valence-electron chi connectivity index (χ0n) is 20.9. The van der Waals surface area contributed by atoms with E-state index < -0.39 is 11.7 Å². The van der Waals surface area contributed by atoms with Crippen molar-refractivity contribution in [1.29, 1.82) is 0 Å². The van der Waals surface area contributed by atoms with Crippen molar-refractivity contribution in [3.8, 4) is 0 Å². The number of aryl methyl sites for hydroxylation is 1. The van der Waals surface area contributed by atoms with Crippen LogP contribution in [0.1, 0.15) is 61.3 Å². The molecule has 3 amide bonds. The van der Waals surface area contributed by atoms with Gasteiger partial charge in [-0.3, -0.25) is 0 Å². The Bertz CT molecular complexity index is 1190. The minimum Gasteiger partial charge on any atom is -0.435 e. The van der Waals surface area contributed by atoms with Gasteiger partial charge in [0.1, 0.15) is 11.5 Å². The third-order valence-corrected chi connectivity index (χ3v) is 7.81. The fourth-order valence-corrected chi connectivity index (χ4v) is 5.90. The summed E-state index contributed by atoms with van der Waals surface area (Å²) < 4.78 is 19.5.